The lowest BCUT2D eigenvalue weighted by Crippen LogP contribution is -2.00. The van der Waals surface area contributed by atoms with E-state index in [0.717, 1.165) is 3.57 Å². The molecule has 0 saturated heterocycles. The number of halogens is 1. The molecule has 0 saturated carbocycles. The van der Waals surface area contributed by atoms with Gasteiger partial charge in [0.25, 0.3) is 0 Å². The second-order valence-electron chi connectivity index (χ2n) is 3.67. The van der Waals surface area contributed by atoms with Crippen LogP contribution in [-0.4, -0.2) is 16.1 Å². The number of benzene rings is 1. The number of nitrogens with zero attached hydrogens (tertiary/aromatic N) is 1. The van der Waals surface area contributed by atoms with Crippen LogP contribution in [-0.2, 0) is 0 Å². The number of hydrogen-bond acceptors (Lipinski definition) is 3. The van der Waals surface area contributed by atoms with Gasteiger partial charge in [-0.2, -0.15) is 0 Å². The monoisotopic (exact) mass is 355 g/mol. The van der Waals surface area contributed by atoms with Crippen molar-refractivity contribution < 1.29 is 14.6 Å². The van der Waals surface area contributed by atoms with E-state index >= 15 is 0 Å². The van der Waals surface area contributed by atoms with Gasteiger partial charge in [-0.25, -0.2) is 9.78 Å². The number of carboxylic acids is 1. The molecule has 2 rings (SSSR count). The van der Waals surface area contributed by atoms with Crippen LogP contribution >= 0.6 is 22.6 Å². The summed E-state index contributed by atoms with van der Waals surface area (Å²) in [5, 5.41) is 8.97. The highest BCUT2D eigenvalue weighted by atomic mass is 127. The number of aromatic nitrogens is 1. The third kappa shape index (κ3) is 2.98. The van der Waals surface area contributed by atoms with Crippen LogP contribution in [0.1, 0.15) is 16.1 Å². The Morgan fingerprint density at radius 3 is 2.72 bits per heavy atom. The Bertz CT molecular complexity index is 599. The molecule has 0 aliphatic rings. The summed E-state index contributed by atoms with van der Waals surface area (Å²) in [6.07, 6.45) is 0. The van der Waals surface area contributed by atoms with Gasteiger partial charge in [0.15, 0.2) is 0 Å². The fraction of sp³-hybridized carbons (Fsp3) is 0.0769. The molecule has 18 heavy (non-hydrogen) atoms. The molecule has 5 heteroatoms. The van der Waals surface area contributed by atoms with Crippen LogP contribution in [0, 0.1) is 10.5 Å². The number of para-hydroxylation sites is 1. The van der Waals surface area contributed by atoms with Crippen LogP contribution in [0.2, 0.25) is 0 Å². The van der Waals surface area contributed by atoms with Crippen molar-refractivity contribution in [2.45, 2.75) is 6.92 Å². The number of ether oxygens (including phenoxy) is 1. The molecular weight excluding hydrogens is 345 g/mol. The summed E-state index contributed by atoms with van der Waals surface area (Å²) >= 11 is 2.15. The summed E-state index contributed by atoms with van der Waals surface area (Å²) in [5.74, 6) is -0.0443. The maximum Gasteiger partial charge on any atom is 0.335 e. The minimum absolute atomic E-state index is 0.170. The molecular formula is C13H10INO3. The standard InChI is InChI=1S/C13H10INO3/c1-8-6-9(13(16)17)7-12(15-8)18-11-5-3-2-4-10(11)14/h2-7H,1H3,(H,16,17). The molecule has 0 unspecified atom stereocenters. The van der Waals surface area contributed by atoms with E-state index in [4.69, 9.17) is 9.84 Å². The van der Waals surface area contributed by atoms with Gasteiger partial charge in [0.1, 0.15) is 5.75 Å². The topological polar surface area (TPSA) is 59.4 Å². The molecule has 0 bridgehead atoms. The average Bonchev–Trinajstić information content (AvgIpc) is 2.31. The molecule has 4 nitrogen and oxygen atoms in total. The predicted molar refractivity (Wildman–Crippen MR) is 75.2 cm³/mol. The SMILES string of the molecule is Cc1cc(C(=O)O)cc(Oc2ccccc2I)n1. The van der Waals surface area contributed by atoms with Crippen molar-refractivity contribution in [2.24, 2.45) is 0 Å². The summed E-state index contributed by atoms with van der Waals surface area (Å²) in [4.78, 5) is 15.1. The molecule has 0 aliphatic heterocycles. The average molecular weight is 355 g/mol. The van der Waals surface area contributed by atoms with Crippen molar-refractivity contribution in [1.29, 1.82) is 0 Å². The zero-order valence-electron chi connectivity index (χ0n) is 9.55. The Balaban J connectivity index is 2.35. The van der Waals surface area contributed by atoms with E-state index in [1.165, 1.54) is 12.1 Å². The number of carbonyl (C=O) groups is 1. The van der Waals surface area contributed by atoms with Gasteiger partial charge >= 0.3 is 5.97 Å². The quantitative estimate of drug-likeness (QED) is 0.857. The van der Waals surface area contributed by atoms with E-state index in [0.29, 0.717) is 11.4 Å². The number of aromatic carboxylic acids is 1. The maximum absolute atomic E-state index is 10.9. The lowest BCUT2D eigenvalue weighted by molar-refractivity contribution is 0.0696. The minimum atomic E-state index is -0.992. The molecule has 0 amide bonds. The van der Waals surface area contributed by atoms with Crippen molar-refractivity contribution >= 4 is 28.6 Å². The first kappa shape index (κ1) is 12.8. The molecule has 0 radical (unpaired) electrons. The first-order valence-corrected chi connectivity index (χ1v) is 6.28. The largest absolute Gasteiger partial charge is 0.478 e. The van der Waals surface area contributed by atoms with Crippen LogP contribution < -0.4 is 4.74 Å². The van der Waals surface area contributed by atoms with Gasteiger partial charge in [-0.15, -0.1) is 0 Å². The van der Waals surface area contributed by atoms with Crippen LogP contribution in [0.3, 0.4) is 0 Å². The molecule has 92 valence electrons. The van der Waals surface area contributed by atoms with E-state index in [1.54, 1.807) is 6.92 Å². The molecule has 1 N–H and O–H groups in total. The third-order valence-corrected chi connectivity index (χ3v) is 3.12. The Labute approximate surface area is 118 Å². The van der Waals surface area contributed by atoms with Crippen molar-refractivity contribution in [3.63, 3.8) is 0 Å². The van der Waals surface area contributed by atoms with Crippen LogP contribution in [0.4, 0.5) is 0 Å². The molecule has 1 heterocycles. The second-order valence-corrected chi connectivity index (χ2v) is 4.84. The highest BCUT2D eigenvalue weighted by Crippen LogP contribution is 2.25. The summed E-state index contributed by atoms with van der Waals surface area (Å²) in [6, 6.07) is 10.4. The van der Waals surface area contributed by atoms with E-state index < -0.39 is 5.97 Å². The van der Waals surface area contributed by atoms with Gasteiger partial charge in [0, 0.05) is 11.8 Å². The number of rotatable bonds is 3. The summed E-state index contributed by atoms with van der Waals surface area (Å²) < 4.78 is 6.54. The summed E-state index contributed by atoms with van der Waals surface area (Å²) in [7, 11) is 0. The molecule has 1 aromatic carbocycles. The summed E-state index contributed by atoms with van der Waals surface area (Å²) in [5.41, 5.74) is 0.777. The van der Waals surface area contributed by atoms with Crippen LogP contribution in [0.5, 0.6) is 11.6 Å². The minimum Gasteiger partial charge on any atom is -0.478 e. The van der Waals surface area contributed by atoms with Gasteiger partial charge in [-0.1, -0.05) is 12.1 Å². The molecule has 0 spiro atoms. The van der Waals surface area contributed by atoms with Crippen molar-refractivity contribution in [3.8, 4) is 11.6 Å². The van der Waals surface area contributed by atoms with Gasteiger partial charge in [0.05, 0.1) is 9.13 Å². The lowest BCUT2D eigenvalue weighted by atomic mass is 10.2. The molecule has 0 aliphatic carbocycles. The van der Waals surface area contributed by atoms with Crippen molar-refractivity contribution in [2.75, 3.05) is 0 Å². The fourth-order valence-electron chi connectivity index (χ4n) is 1.45. The van der Waals surface area contributed by atoms with Crippen molar-refractivity contribution in [1.82, 2.24) is 4.98 Å². The normalized spacial score (nSPS) is 10.1. The Kier molecular flexibility index (Phi) is 3.81. The first-order valence-electron chi connectivity index (χ1n) is 5.20. The van der Waals surface area contributed by atoms with Gasteiger partial charge in [0.2, 0.25) is 5.88 Å². The Morgan fingerprint density at radius 2 is 2.06 bits per heavy atom. The van der Waals surface area contributed by atoms with Crippen LogP contribution in [0.15, 0.2) is 36.4 Å². The Morgan fingerprint density at radius 1 is 1.33 bits per heavy atom. The fourth-order valence-corrected chi connectivity index (χ4v) is 1.95. The van der Waals surface area contributed by atoms with E-state index in [2.05, 4.69) is 27.6 Å². The van der Waals surface area contributed by atoms with Crippen molar-refractivity contribution in [3.05, 3.63) is 51.2 Å². The number of carboxylic acid groups (broad SMARTS) is 1. The highest BCUT2D eigenvalue weighted by molar-refractivity contribution is 14.1. The maximum atomic E-state index is 10.9. The van der Waals surface area contributed by atoms with Crippen LogP contribution in [0.25, 0.3) is 0 Å². The zero-order chi connectivity index (χ0) is 13.1. The highest BCUT2D eigenvalue weighted by Gasteiger charge is 2.09. The third-order valence-electron chi connectivity index (χ3n) is 2.23. The smallest absolute Gasteiger partial charge is 0.335 e. The van der Waals surface area contributed by atoms with Gasteiger partial charge < -0.3 is 9.84 Å². The van der Waals surface area contributed by atoms with Gasteiger partial charge in [-0.05, 0) is 47.7 Å². The molecule has 0 atom stereocenters. The molecule has 0 fully saturated rings. The number of aryl methyl sites for hydroxylation is 1. The summed E-state index contributed by atoms with van der Waals surface area (Å²) in [6.45, 7) is 1.73. The predicted octanol–water partition coefficient (Wildman–Crippen LogP) is 3.49. The second kappa shape index (κ2) is 5.34. The van der Waals surface area contributed by atoms with E-state index in [9.17, 15) is 4.79 Å². The first-order chi connectivity index (χ1) is 8.56. The van der Waals surface area contributed by atoms with Gasteiger partial charge in [-0.3, -0.25) is 0 Å². The number of pyridine rings is 1. The molecule has 2 aromatic rings. The van der Waals surface area contributed by atoms with E-state index in [1.807, 2.05) is 24.3 Å². The lowest BCUT2D eigenvalue weighted by Gasteiger charge is -2.08. The zero-order valence-corrected chi connectivity index (χ0v) is 11.7. The van der Waals surface area contributed by atoms with E-state index in [-0.39, 0.29) is 11.4 Å². The Hall–Kier alpha value is -1.63. The molecule has 1 aromatic heterocycles. The number of hydrogen-bond donors (Lipinski definition) is 1.